The number of nitrogens with one attached hydrogen (secondary N) is 1. The minimum atomic E-state index is 0.376. The van der Waals surface area contributed by atoms with Crippen molar-refractivity contribution in [3.63, 3.8) is 0 Å². The van der Waals surface area contributed by atoms with E-state index in [1.54, 1.807) is 11.3 Å². The van der Waals surface area contributed by atoms with Gasteiger partial charge in [-0.25, -0.2) is 0 Å². The number of rotatable bonds is 4. The van der Waals surface area contributed by atoms with Gasteiger partial charge in [0.15, 0.2) is 0 Å². The van der Waals surface area contributed by atoms with E-state index in [2.05, 4.69) is 67.7 Å². The molecule has 4 heteroatoms. The zero-order chi connectivity index (χ0) is 12.3. The van der Waals surface area contributed by atoms with Crippen LogP contribution in [0.2, 0.25) is 0 Å². The molecule has 0 fully saturated rings. The number of halogens is 2. The molecule has 1 aromatic carbocycles. The van der Waals surface area contributed by atoms with Crippen molar-refractivity contribution < 1.29 is 0 Å². The van der Waals surface area contributed by atoms with Crippen LogP contribution in [0.25, 0.3) is 0 Å². The molecule has 0 bridgehead atoms. The highest BCUT2D eigenvalue weighted by atomic mass is 79.9. The average Bonchev–Trinajstić information content (AvgIpc) is 2.84. The van der Waals surface area contributed by atoms with Crippen LogP contribution in [0.5, 0.6) is 0 Å². The molecule has 1 N–H and O–H groups in total. The fourth-order valence-corrected chi connectivity index (χ4v) is 3.24. The molecule has 0 amide bonds. The number of hydrogen-bond donors (Lipinski definition) is 1. The van der Waals surface area contributed by atoms with E-state index in [-0.39, 0.29) is 0 Å². The van der Waals surface area contributed by atoms with Crippen molar-refractivity contribution in [2.75, 3.05) is 5.32 Å². The summed E-state index contributed by atoms with van der Waals surface area (Å²) in [7, 11) is 0. The van der Waals surface area contributed by atoms with Crippen molar-refractivity contribution in [3.8, 4) is 0 Å². The summed E-state index contributed by atoms with van der Waals surface area (Å²) in [6, 6.07) is 10.8. The SMILES string of the molecule is CCC(Nc1cc(Br)ccc1Br)c1cccs1. The van der Waals surface area contributed by atoms with Crippen LogP contribution in [0.1, 0.15) is 24.3 Å². The second-order valence-corrected chi connectivity index (χ2v) is 6.49. The maximum atomic E-state index is 3.57. The van der Waals surface area contributed by atoms with Gasteiger partial charge in [-0.2, -0.15) is 0 Å². The Hall–Kier alpha value is -0.320. The third-order valence-corrected chi connectivity index (χ3v) is 4.72. The maximum Gasteiger partial charge on any atom is 0.0604 e. The highest BCUT2D eigenvalue weighted by Crippen LogP contribution is 2.32. The van der Waals surface area contributed by atoms with Crippen molar-refractivity contribution in [3.05, 3.63) is 49.5 Å². The summed E-state index contributed by atoms with van der Waals surface area (Å²) in [5.74, 6) is 0. The first-order chi connectivity index (χ1) is 8.20. The molecule has 2 aromatic rings. The molecule has 0 saturated carbocycles. The molecule has 1 atom stereocenters. The normalized spacial score (nSPS) is 12.4. The van der Waals surface area contributed by atoms with Gasteiger partial charge in [0.25, 0.3) is 0 Å². The van der Waals surface area contributed by atoms with Crippen molar-refractivity contribution in [1.29, 1.82) is 0 Å². The Labute approximate surface area is 123 Å². The van der Waals surface area contributed by atoms with E-state index in [1.165, 1.54) is 4.88 Å². The summed E-state index contributed by atoms with van der Waals surface area (Å²) in [5, 5.41) is 5.69. The minimum Gasteiger partial charge on any atom is -0.376 e. The second-order valence-electron chi connectivity index (χ2n) is 3.74. The molecule has 0 radical (unpaired) electrons. The van der Waals surface area contributed by atoms with Crippen LogP contribution < -0.4 is 5.32 Å². The predicted octanol–water partition coefficient (Wildman–Crippen LogP) is 5.84. The third kappa shape index (κ3) is 3.33. The monoisotopic (exact) mass is 373 g/mol. The van der Waals surface area contributed by atoms with Crippen LogP contribution >= 0.6 is 43.2 Å². The summed E-state index contributed by atoms with van der Waals surface area (Å²) in [4.78, 5) is 1.37. The summed E-state index contributed by atoms with van der Waals surface area (Å²) >= 11 is 8.87. The molecule has 0 aliphatic heterocycles. The third-order valence-electron chi connectivity index (χ3n) is 2.55. The van der Waals surface area contributed by atoms with E-state index in [4.69, 9.17) is 0 Å². The predicted molar refractivity (Wildman–Crippen MR) is 82.8 cm³/mol. The van der Waals surface area contributed by atoms with Gasteiger partial charge in [-0.1, -0.05) is 28.9 Å². The molecule has 1 nitrogen and oxygen atoms in total. The summed E-state index contributed by atoms with van der Waals surface area (Å²) in [6.45, 7) is 2.20. The minimum absolute atomic E-state index is 0.376. The lowest BCUT2D eigenvalue weighted by molar-refractivity contribution is 0.763. The first kappa shape index (κ1) is 13.1. The topological polar surface area (TPSA) is 12.0 Å². The van der Waals surface area contributed by atoms with Crippen molar-refractivity contribution >= 4 is 48.9 Å². The van der Waals surface area contributed by atoms with E-state index in [1.807, 2.05) is 12.1 Å². The molecule has 17 heavy (non-hydrogen) atoms. The number of hydrogen-bond acceptors (Lipinski definition) is 2. The number of anilines is 1. The van der Waals surface area contributed by atoms with Gasteiger partial charge in [-0.15, -0.1) is 11.3 Å². The average molecular weight is 375 g/mol. The Balaban J connectivity index is 2.21. The van der Waals surface area contributed by atoms with Crippen molar-refractivity contribution in [1.82, 2.24) is 0 Å². The van der Waals surface area contributed by atoms with E-state index in [9.17, 15) is 0 Å². The van der Waals surface area contributed by atoms with Gasteiger partial charge in [0.1, 0.15) is 0 Å². The van der Waals surface area contributed by atoms with Crippen LogP contribution in [-0.2, 0) is 0 Å². The fourth-order valence-electron chi connectivity index (χ4n) is 1.66. The fraction of sp³-hybridized carbons (Fsp3) is 0.231. The van der Waals surface area contributed by atoms with Gasteiger partial charge in [-0.05, 0) is 52.0 Å². The van der Waals surface area contributed by atoms with Gasteiger partial charge in [0.05, 0.1) is 11.7 Å². The van der Waals surface area contributed by atoms with Crippen LogP contribution in [0, 0.1) is 0 Å². The lowest BCUT2D eigenvalue weighted by Crippen LogP contribution is -2.08. The first-order valence-electron chi connectivity index (χ1n) is 5.45. The van der Waals surface area contributed by atoms with Crippen molar-refractivity contribution in [2.45, 2.75) is 19.4 Å². The standard InChI is InChI=1S/C13H13Br2NS/c1-2-11(13-4-3-7-17-13)16-12-8-9(14)5-6-10(12)15/h3-8,11,16H,2H2,1H3. The summed E-state index contributed by atoms with van der Waals surface area (Å²) < 4.78 is 2.18. The largest absolute Gasteiger partial charge is 0.376 e. The Bertz CT molecular complexity index is 482. The van der Waals surface area contributed by atoms with E-state index in [0.29, 0.717) is 6.04 Å². The molecular weight excluding hydrogens is 362 g/mol. The van der Waals surface area contributed by atoms with Crippen molar-refractivity contribution in [2.24, 2.45) is 0 Å². The molecule has 0 saturated heterocycles. The molecule has 1 aromatic heterocycles. The molecule has 2 rings (SSSR count). The quantitative estimate of drug-likeness (QED) is 0.709. The van der Waals surface area contributed by atoms with E-state index >= 15 is 0 Å². The zero-order valence-corrected chi connectivity index (χ0v) is 13.4. The second kappa shape index (κ2) is 6.03. The lowest BCUT2D eigenvalue weighted by Gasteiger charge is -2.18. The van der Waals surface area contributed by atoms with Gasteiger partial charge >= 0.3 is 0 Å². The Morgan fingerprint density at radius 2 is 2.12 bits per heavy atom. The number of benzene rings is 1. The van der Waals surface area contributed by atoms with Crippen LogP contribution in [0.15, 0.2) is 44.7 Å². The molecule has 1 heterocycles. The highest BCUT2D eigenvalue weighted by molar-refractivity contribution is 9.11. The Morgan fingerprint density at radius 1 is 1.29 bits per heavy atom. The van der Waals surface area contributed by atoms with Crippen LogP contribution in [0.4, 0.5) is 5.69 Å². The first-order valence-corrected chi connectivity index (χ1v) is 7.92. The summed E-state index contributed by atoms with van der Waals surface area (Å²) in [5.41, 5.74) is 1.12. The lowest BCUT2D eigenvalue weighted by atomic mass is 10.1. The maximum absolute atomic E-state index is 3.57. The van der Waals surface area contributed by atoms with Gasteiger partial charge < -0.3 is 5.32 Å². The molecule has 0 aliphatic carbocycles. The molecule has 0 spiro atoms. The van der Waals surface area contributed by atoms with Crippen LogP contribution in [-0.4, -0.2) is 0 Å². The molecule has 0 aliphatic rings. The van der Waals surface area contributed by atoms with E-state index < -0.39 is 0 Å². The van der Waals surface area contributed by atoms with Crippen LogP contribution in [0.3, 0.4) is 0 Å². The van der Waals surface area contributed by atoms with Gasteiger partial charge in [0, 0.05) is 13.8 Å². The molecule has 1 unspecified atom stereocenters. The highest BCUT2D eigenvalue weighted by Gasteiger charge is 2.11. The smallest absolute Gasteiger partial charge is 0.0604 e. The van der Waals surface area contributed by atoms with Gasteiger partial charge in [-0.3, -0.25) is 0 Å². The number of thiophene rings is 1. The van der Waals surface area contributed by atoms with E-state index in [0.717, 1.165) is 21.1 Å². The Kier molecular flexibility index (Phi) is 4.65. The molecular formula is C13H13Br2NS. The molecule has 90 valence electrons. The summed E-state index contributed by atoms with van der Waals surface area (Å²) in [6.07, 6.45) is 1.07. The zero-order valence-electron chi connectivity index (χ0n) is 9.41. The van der Waals surface area contributed by atoms with Gasteiger partial charge in [0.2, 0.25) is 0 Å². The Morgan fingerprint density at radius 3 is 2.76 bits per heavy atom.